The van der Waals surface area contributed by atoms with E-state index in [9.17, 15) is 9.59 Å². The van der Waals surface area contributed by atoms with Gasteiger partial charge in [0.15, 0.2) is 5.65 Å². The van der Waals surface area contributed by atoms with Gasteiger partial charge in [0.1, 0.15) is 6.54 Å². The fourth-order valence-electron chi connectivity index (χ4n) is 2.14. The second-order valence-corrected chi connectivity index (χ2v) is 5.23. The number of hydrogen-bond donors (Lipinski definition) is 1. The monoisotopic (exact) mass is 316 g/mol. The molecule has 0 radical (unpaired) electrons. The van der Waals surface area contributed by atoms with Gasteiger partial charge >= 0.3 is 5.69 Å². The van der Waals surface area contributed by atoms with E-state index >= 15 is 0 Å². The molecule has 0 spiro atoms. The number of aromatic nitrogens is 3. The number of carbonyl (C=O) groups excluding carboxylic acids is 1. The minimum Gasteiger partial charge on any atom is -0.323 e. The molecule has 0 aliphatic carbocycles. The number of nitrogens with one attached hydrogen (secondary N) is 1. The Bertz CT molecular complexity index is 913. The van der Waals surface area contributed by atoms with E-state index in [1.807, 2.05) is 13.0 Å². The third-order valence-corrected chi connectivity index (χ3v) is 3.75. The molecule has 22 heavy (non-hydrogen) atoms. The molecule has 112 valence electrons. The highest BCUT2D eigenvalue weighted by molar-refractivity contribution is 6.34. The summed E-state index contributed by atoms with van der Waals surface area (Å²) in [6.07, 6.45) is 1.61. The summed E-state index contributed by atoms with van der Waals surface area (Å²) in [6.45, 7) is 1.68. The van der Waals surface area contributed by atoms with Gasteiger partial charge in [0.2, 0.25) is 5.91 Å². The smallest absolute Gasteiger partial charge is 0.323 e. The van der Waals surface area contributed by atoms with Crippen molar-refractivity contribution in [2.24, 2.45) is 0 Å². The van der Waals surface area contributed by atoms with E-state index < -0.39 is 0 Å². The van der Waals surface area contributed by atoms with Crippen molar-refractivity contribution in [3.05, 3.63) is 63.7 Å². The van der Waals surface area contributed by atoms with Gasteiger partial charge < -0.3 is 5.32 Å². The van der Waals surface area contributed by atoms with Crippen molar-refractivity contribution in [1.82, 2.24) is 14.2 Å². The molecule has 7 heteroatoms. The number of nitrogens with zero attached hydrogens (tertiary/aromatic N) is 3. The van der Waals surface area contributed by atoms with E-state index in [4.69, 9.17) is 11.6 Å². The number of benzene rings is 1. The quantitative estimate of drug-likeness (QED) is 0.804. The van der Waals surface area contributed by atoms with Gasteiger partial charge in [0.25, 0.3) is 0 Å². The van der Waals surface area contributed by atoms with Crippen LogP contribution in [0.2, 0.25) is 5.02 Å². The molecular weight excluding hydrogens is 304 g/mol. The van der Waals surface area contributed by atoms with Crippen molar-refractivity contribution in [2.75, 3.05) is 5.32 Å². The van der Waals surface area contributed by atoms with Crippen molar-refractivity contribution < 1.29 is 4.79 Å². The Hall–Kier alpha value is -2.60. The molecule has 2 heterocycles. The fraction of sp³-hybridized carbons (Fsp3) is 0.133. The Morgan fingerprint density at radius 2 is 2.09 bits per heavy atom. The minimum absolute atomic E-state index is 0.176. The topological polar surface area (TPSA) is 68.4 Å². The lowest BCUT2D eigenvalue weighted by Crippen LogP contribution is -2.28. The molecule has 0 atom stereocenters. The summed E-state index contributed by atoms with van der Waals surface area (Å²) in [5.74, 6) is -0.363. The first-order chi connectivity index (χ1) is 10.6. The molecule has 1 aromatic carbocycles. The van der Waals surface area contributed by atoms with Crippen molar-refractivity contribution in [2.45, 2.75) is 13.5 Å². The molecule has 0 unspecified atom stereocenters. The Kier molecular flexibility index (Phi) is 3.68. The molecular formula is C15H13ClN4O2. The molecule has 6 nitrogen and oxygen atoms in total. The standard InChI is InChI=1S/C15H13ClN4O2/c1-10-5-4-6-11(14(10)16)17-13(21)9-20-15(22)19-8-3-2-7-12(19)18-20/h2-8H,9H2,1H3,(H,17,21). The van der Waals surface area contributed by atoms with Gasteiger partial charge in [0, 0.05) is 6.20 Å². The summed E-state index contributed by atoms with van der Waals surface area (Å²) in [4.78, 5) is 24.2. The zero-order valence-electron chi connectivity index (χ0n) is 11.8. The van der Waals surface area contributed by atoms with Crippen LogP contribution < -0.4 is 11.0 Å². The molecule has 1 N–H and O–H groups in total. The van der Waals surface area contributed by atoms with Gasteiger partial charge in [-0.15, -0.1) is 5.10 Å². The maximum atomic E-state index is 12.1. The summed E-state index contributed by atoms with van der Waals surface area (Å²) in [6, 6.07) is 10.6. The lowest BCUT2D eigenvalue weighted by atomic mass is 10.2. The summed E-state index contributed by atoms with van der Waals surface area (Å²) in [5.41, 5.74) is 1.52. The summed E-state index contributed by atoms with van der Waals surface area (Å²) in [5, 5.41) is 7.28. The highest BCUT2D eigenvalue weighted by Crippen LogP contribution is 2.24. The molecule has 1 amide bonds. The van der Waals surface area contributed by atoms with Gasteiger partial charge in [-0.3, -0.25) is 9.20 Å². The van der Waals surface area contributed by atoms with Crippen LogP contribution in [-0.2, 0) is 11.3 Å². The third kappa shape index (κ3) is 2.60. The highest BCUT2D eigenvalue weighted by atomic mass is 35.5. The predicted octanol–water partition coefficient (Wildman–Crippen LogP) is 2.10. The summed E-state index contributed by atoms with van der Waals surface area (Å²) >= 11 is 6.13. The normalized spacial score (nSPS) is 10.8. The number of anilines is 1. The van der Waals surface area contributed by atoms with E-state index in [0.29, 0.717) is 16.4 Å². The molecule has 0 aliphatic heterocycles. The number of carbonyl (C=O) groups is 1. The van der Waals surface area contributed by atoms with Crippen LogP contribution in [0.3, 0.4) is 0 Å². The van der Waals surface area contributed by atoms with Crippen molar-refractivity contribution >= 4 is 28.8 Å². The Labute approximate surface area is 130 Å². The van der Waals surface area contributed by atoms with Gasteiger partial charge in [-0.2, -0.15) is 0 Å². The van der Waals surface area contributed by atoms with Crippen LogP contribution in [0.15, 0.2) is 47.4 Å². The number of amides is 1. The number of pyridine rings is 1. The molecule has 3 rings (SSSR count). The van der Waals surface area contributed by atoms with Gasteiger partial charge in [-0.05, 0) is 30.7 Å². The molecule has 0 saturated carbocycles. The zero-order valence-corrected chi connectivity index (χ0v) is 12.5. The van der Waals surface area contributed by atoms with E-state index in [2.05, 4.69) is 10.4 Å². The predicted molar refractivity (Wildman–Crippen MR) is 84.3 cm³/mol. The van der Waals surface area contributed by atoms with E-state index in [1.165, 1.54) is 4.40 Å². The third-order valence-electron chi connectivity index (χ3n) is 3.25. The van der Waals surface area contributed by atoms with Crippen LogP contribution in [0.4, 0.5) is 5.69 Å². The summed E-state index contributed by atoms with van der Waals surface area (Å²) < 4.78 is 2.50. The van der Waals surface area contributed by atoms with E-state index in [-0.39, 0.29) is 18.1 Å². The molecule has 2 aromatic heterocycles. The van der Waals surface area contributed by atoms with E-state index in [0.717, 1.165) is 10.2 Å². The van der Waals surface area contributed by atoms with Crippen LogP contribution in [0.25, 0.3) is 5.65 Å². The average Bonchev–Trinajstić information content (AvgIpc) is 2.81. The van der Waals surface area contributed by atoms with E-state index in [1.54, 1.807) is 36.5 Å². The maximum absolute atomic E-state index is 12.1. The number of aryl methyl sites for hydroxylation is 1. The Morgan fingerprint density at radius 1 is 1.27 bits per heavy atom. The first kappa shape index (κ1) is 14.3. The number of hydrogen-bond acceptors (Lipinski definition) is 3. The van der Waals surface area contributed by atoms with Crippen LogP contribution in [0.5, 0.6) is 0 Å². The Balaban J connectivity index is 1.83. The summed E-state index contributed by atoms with van der Waals surface area (Å²) in [7, 11) is 0. The van der Waals surface area contributed by atoms with Crippen LogP contribution >= 0.6 is 11.6 Å². The van der Waals surface area contributed by atoms with Crippen LogP contribution in [0.1, 0.15) is 5.56 Å². The number of halogens is 1. The lowest BCUT2D eigenvalue weighted by molar-refractivity contribution is -0.117. The zero-order chi connectivity index (χ0) is 15.7. The van der Waals surface area contributed by atoms with Gasteiger partial charge in [-0.1, -0.05) is 29.8 Å². The molecule has 3 aromatic rings. The second-order valence-electron chi connectivity index (χ2n) is 4.85. The SMILES string of the molecule is Cc1cccc(NC(=O)Cn2nc3ccccn3c2=O)c1Cl. The second kappa shape index (κ2) is 5.65. The van der Waals surface area contributed by atoms with Crippen LogP contribution in [0, 0.1) is 6.92 Å². The van der Waals surface area contributed by atoms with Gasteiger partial charge in [-0.25, -0.2) is 9.48 Å². The molecule has 0 bridgehead atoms. The fourth-order valence-corrected chi connectivity index (χ4v) is 2.31. The number of fused-ring (bicyclic) bond motifs is 1. The first-order valence-corrected chi connectivity index (χ1v) is 7.03. The number of rotatable bonds is 3. The van der Waals surface area contributed by atoms with Crippen molar-refractivity contribution in [3.63, 3.8) is 0 Å². The van der Waals surface area contributed by atoms with Crippen LogP contribution in [-0.4, -0.2) is 20.1 Å². The first-order valence-electron chi connectivity index (χ1n) is 6.65. The lowest BCUT2D eigenvalue weighted by Gasteiger charge is -2.08. The average molecular weight is 317 g/mol. The minimum atomic E-state index is -0.363. The molecule has 0 aliphatic rings. The van der Waals surface area contributed by atoms with Crippen molar-refractivity contribution in [3.8, 4) is 0 Å². The molecule has 0 fully saturated rings. The Morgan fingerprint density at radius 3 is 2.86 bits per heavy atom. The largest absolute Gasteiger partial charge is 0.350 e. The maximum Gasteiger partial charge on any atom is 0.350 e. The molecule has 0 saturated heterocycles. The van der Waals surface area contributed by atoms with Gasteiger partial charge in [0.05, 0.1) is 10.7 Å². The van der Waals surface area contributed by atoms with Crippen molar-refractivity contribution in [1.29, 1.82) is 0 Å². The highest BCUT2D eigenvalue weighted by Gasteiger charge is 2.12.